The van der Waals surface area contributed by atoms with Crippen molar-refractivity contribution in [3.05, 3.63) is 61.9 Å². The topological polar surface area (TPSA) is 113 Å². The summed E-state index contributed by atoms with van der Waals surface area (Å²) in [5.41, 5.74) is 1.50. The third-order valence-corrected chi connectivity index (χ3v) is 7.77. The molecule has 0 spiro atoms. The van der Waals surface area contributed by atoms with Gasteiger partial charge in [-0.2, -0.15) is 0 Å². The predicted octanol–water partition coefficient (Wildman–Crippen LogP) is 3.91. The number of amidine groups is 1. The molecular formula is C25H28BrFN4O5S. The van der Waals surface area contributed by atoms with E-state index in [0.29, 0.717) is 58.3 Å². The van der Waals surface area contributed by atoms with Crippen LogP contribution < -0.4 is 5.32 Å². The van der Waals surface area contributed by atoms with E-state index in [1.165, 1.54) is 23.5 Å². The number of ether oxygens (including phenoxy) is 2. The van der Waals surface area contributed by atoms with Gasteiger partial charge in [-0.1, -0.05) is 22.0 Å². The second kappa shape index (κ2) is 12.2. The molecule has 1 aromatic heterocycles. The van der Waals surface area contributed by atoms with Crippen molar-refractivity contribution in [2.75, 3.05) is 26.3 Å². The van der Waals surface area contributed by atoms with E-state index in [1.54, 1.807) is 19.2 Å². The number of rotatable bonds is 9. The average Bonchev–Trinajstić information content (AvgIpc) is 3.38. The number of morpholine rings is 1. The van der Waals surface area contributed by atoms with Gasteiger partial charge in [-0.3, -0.25) is 14.7 Å². The van der Waals surface area contributed by atoms with Crippen molar-refractivity contribution >= 4 is 45.0 Å². The maximum atomic E-state index is 13.9. The van der Waals surface area contributed by atoms with Crippen molar-refractivity contribution in [3.8, 4) is 0 Å². The number of nitrogens with one attached hydrogen (secondary N) is 1. The van der Waals surface area contributed by atoms with Crippen molar-refractivity contribution in [1.29, 1.82) is 0 Å². The normalized spacial score (nSPS) is 22.4. The van der Waals surface area contributed by atoms with Crippen LogP contribution in [-0.4, -0.2) is 71.2 Å². The molecule has 0 amide bonds. The first-order valence-corrected chi connectivity index (χ1v) is 13.6. The Bertz CT molecular complexity index is 1210. The first-order valence-electron chi connectivity index (χ1n) is 12.0. The van der Waals surface area contributed by atoms with E-state index in [1.807, 2.05) is 12.3 Å². The Hall–Kier alpha value is -2.67. The fraction of sp³-hybridized carbons (Fsp3) is 0.440. The van der Waals surface area contributed by atoms with E-state index in [2.05, 4.69) is 31.1 Å². The zero-order valence-corrected chi connectivity index (χ0v) is 22.8. The van der Waals surface area contributed by atoms with E-state index in [9.17, 15) is 19.1 Å². The van der Waals surface area contributed by atoms with E-state index < -0.39 is 23.8 Å². The Balaban J connectivity index is 1.79. The van der Waals surface area contributed by atoms with E-state index >= 15 is 0 Å². The van der Waals surface area contributed by atoms with Gasteiger partial charge in [-0.15, -0.1) is 11.3 Å². The Morgan fingerprint density at radius 3 is 2.89 bits per heavy atom. The number of nitrogens with zero attached hydrogens (tertiary/aromatic N) is 3. The van der Waals surface area contributed by atoms with Crippen LogP contribution in [0.3, 0.4) is 0 Å². The molecule has 4 rings (SSSR count). The molecule has 1 aromatic carbocycles. The number of carboxylic acids is 1. The molecule has 2 N–H and O–H groups in total. The monoisotopic (exact) mass is 594 g/mol. The first kappa shape index (κ1) is 27.4. The average molecular weight is 595 g/mol. The van der Waals surface area contributed by atoms with Crippen LogP contribution in [0.15, 0.2) is 50.5 Å². The number of halogens is 2. The number of esters is 1. The molecule has 1 fully saturated rings. The van der Waals surface area contributed by atoms with Gasteiger partial charge in [-0.05, 0) is 38.0 Å². The van der Waals surface area contributed by atoms with Gasteiger partial charge in [0.15, 0.2) is 10.8 Å². The summed E-state index contributed by atoms with van der Waals surface area (Å²) >= 11 is 4.84. The lowest BCUT2D eigenvalue weighted by molar-refractivity contribution is -0.139. The van der Waals surface area contributed by atoms with Crippen molar-refractivity contribution in [1.82, 2.24) is 15.2 Å². The zero-order chi connectivity index (χ0) is 26.5. The molecule has 2 aromatic rings. The van der Waals surface area contributed by atoms with Crippen molar-refractivity contribution < 1.29 is 28.6 Å². The molecular weight excluding hydrogens is 567 g/mol. The second-order valence-electron chi connectivity index (χ2n) is 8.67. The maximum Gasteiger partial charge on any atom is 0.338 e. The van der Waals surface area contributed by atoms with E-state index in [-0.39, 0.29) is 25.2 Å². The minimum absolute atomic E-state index is 0.00303. The summed E-state index contributed by atoms with van der Waals surface area (Å²) < 4.78 is 25.7. The molecule has 1 saturated heterocycles. The Morgan fingerprint density at radius 1 is 1.41 bits per heavy atom. The number of carbonyl (C=O) groups excluding carboxylic acids is 1. The Kier molecular flexibility index (Phi) is 9.06. The number of carbonyl (C=O) groups is 2. The third kappa shape index (κ3) is 6.43. The van der Waals surface area contributed by atoms with Crippen molar-refractivity contribution in [3.63, 3.8) is 0 Å². The van der Waals surface area contributed by atoms with Crippen LogP contribution in [0.25, 0.3) is 0 Å². The summed E-state index contributed by atoms with van der Waals surface area (Å²) in [5.74, 6) is -1.34. The lowest BCUT2D eigenvalue weighted by Gasteiger charge is -2.41. The predicted molar refractivity (Wildman–Crippen MR) is 140 cm³/mol. The molecule has 0 radical (unpaired) electrons. The molecule has 2 aliphatic rings. The molecule has 198 valence electrons. The van der Waals surface area contributed by atoms with Crippen LogP contribution in [0.5, 0.6) is 0 Å². The number of hydrogen-bond donors (Lipinski definition) is 2. The first-order chi connectivity index (χ1) is 17.8. The van der Waals surface area contributed by atoms with Gasteiger partial charge in [-0.25, -0.2) is 14.2 Å². The SMILES string of the molecule is CCOC(=O)C1=C(CN2CCO[C@H](C)[C@H]2CCC(=O)O)NC(c2nccs2)=N[C@H]1c1ccc(F)cc1Br. The highest BCUT2D eigenvalue weighted by molar-refractivity contribution is 9.10. The van der Waals surface area contributed by atoms with Gasteiger partial charge in [0.1, 0.15) is 11.9 Å². The van der Waals surface area contributed by atoms with Crippen molar-refractivity contribution in [2.45, 2.75) is 44.9 Å². The van der Waals surface area contributed by atoms with Gasteiger partial charge >= 0.3 is 11.9 Å². The van der Waals surface area contributed by atoms with Crippen LogP contribution in [0.2, 0.25) is 0 Å². The van der Waals surface area contributed by atoms with Crippen LogP contribution in [0.4, 0.5) is 4.39 Å². The Labute approximate surface area is 226 Å². The molecule has 9 nitrogen and oxygen atoms in total. The standard InChI is InChI=1S/C25H28BrFN4O5S/c1-3-35-25(34)21-18(13-31-9-10-36-14(2)19(31)6-7-20(32)33)29-23(24-28-8-11-37-24)30-22(21)16-5-4-15(27)12-17(16)26/h4-5,8,11-12,14,19,22H,3,6-7,9-10,13H2,1-2H3,(H,29,30)(H,32,33)/t14-,19-,22+/m1/s1. The molecule has 37 heavy (non-hydrogen) atoms. The molecule has 3 heterocycles. The Morgan fingerprint density at radius 2 is 2.22 bits per heavy atom. The lowest BCUT2D eigenvalue weighted by atomic mass is 9.94. The number of hydrogen-bond acceptors (Lipinski definition) is 9. The van der Waals surface area contributed by atoms with Crippen LogP contribution in [0.1, 0.15) is 43.3 Å². The highest BCUT2D eigenvalue weighted by atomic mass is 79.9. The number of aromatic nitrogens is 1. The zero-order valence-electron chi connectivity index (χ0n) is 20.4. The largest absolute Gasteiger partial charge is 0.481 e. The molecule has 0 bridgehead atoms. The molecule has 0 aliphatic carbocycles. The van der Waals surface area contributed by atoms with Crippen LogP contribution in [0, 0.1) is 5.82 Å². The number of thiazole rings is 1. The fourth-order valence-corrected chi connectivity index (χ4v) is 5.74. The minimum atomic E-state index is -0.876. The summed E-state index contributed by atoms with van der Waals surface area (Å²) in [4.78, 5) is 36.0. The smallest absolute Gasteiger partial charge is 0.338 e. The van der Waals surface area contributed by atoms with Gasteiger partial charge in [0.05, 0.1) is 24.9 Å². The number of aliphatic imine (C=N–C) groups is 1. The van der Waals surface area contributed by atoms with Gasteiger partial charge in [0.25, 0.3) is 0 Å². The number of aliphatic carboxylic acids is 1. The fourth-order valence-electron chi connectivity index (χ4n) is 4.58. The summed E-state index contributed by atoms with van der Waals surface area (Å²) in [5, 5.41) is 15.0. The highest BCUT2D eigenvalue weighted by Crippen LogP contribution is 2.37. The highest BCUT2D eigenvalue weighted by Gasteiger charge is 2.37. The van der Waals surface area contributed by atoms with Crippen LogP contribution >= 0.6 is 27.3 Å². The van der Waals surface area contributed by atoms with Crippen molar-refractivity contribution in [2.24, 2.45) is 4.99 Å². The quantitative estimate of drug-likeness (QED) is 0.420. The molecule has 3 atom stereocenters. The van der Waals surface area contributed by atoms with Crippen LogP contribution in [-0.2, 0) is 19.1 Å². The number of carboxylic acid groups (broad SMARTS) is 1. The van der Waals surface area contributed by atoms with Gasteiger partial charge < -0.3 is 19.9 Å². The summed E-state index contributed by atoms with van der Waals surface area (Å²) in [6.07, 6.45) is 1.89. The summed E-state index contributed by atoms with van der Waals surface area (Å²) in [7, 11) is 0. The molecule has 12 heteroatoms. The van der Waals surface area contributed by atoms with Gasteiger partial charge in [0, 0.05) is 47.3 Å². The maximum absolute atomic E-state index is 13.9. The molecule has 0 unspecified atom stereocenters. The van der Waals surface area contributed by atoms with E-state index in [0.717, 1.165) is 0 Å². The lowest BCUT2D eigenvalue weighted by Crippen LogP contribution is -2.52. The minimum Gasteiger partial charge on any atom is -0.481 e. The summed E-state index contributed by atoms with van der Waals surface area (Å²) in [6.45, 7) is 5.18. The van der Waals surface area contributed by atoms with E-state index in [4.69, 9.17) is 14.5 Å². The summed E-state index contributed by atoms with van der Waals surface area (Å²) in [6, 6.07) is 3.32. The van der Waals surface area contributed by atoms with Gasteiger partial charge in [0.2, 0.25) is 0 Å². The molecule has 0 saturated carbocycles. The molecule has 2 aliphatic heterocycles. The number of benzene rings is 1. The third-order valence-electron chi connectivity index (χ3n) is 6.30. The second-order valence-corrected chi connectivity index (χ2v) is 10.4.